The second-order valence-electron chi connectivity index (χ2n) is 7.63. The second kappa shape index (κ2) is 8.31. The highest BCUT2D eigenvalue weighted by Crippen LogP contribution is 2.18. The number of carbonyl (C=O) groups is 1. The van der Waals surface area contributed by atoms with E-state index >= 15 is 0 Å². The summed E-state index contributed by atoms with van der Waals surface area (Å²) in [6.07, 6.45) is 1.55. The van der Waals surface area contributed by atoms with Gasteiger partial charge in [0, 0.05) is 17.7 Å². The minimum Gasteiger partial charge on any atom is -0.348 e. The second-order valence-corrected chi connectivity index (χ2v) is 7.63. The van der Waals surface area contributed by atoms with Crippen LogP contribution in [0.15, 0.2) is 83.8 Å². The van der Waals surface area contributed by atoms with E-state index in [0.717, 1.165) is 23.8 Å². The van der Waals surface area contributed by atoms with Crippen LogP contribution in [0.25, 0.3) is 16.6 Å². The Balaban J connectivity index is 1.55. The molecule has 3 aromatic carbocycles. The van der Waals surface area contributed by atoms with Gasteiger partial charge in [-0.2, -0.15) is 5.10 Å². The standard InChI is InChI=1S/C25H18F2N4O2/c26-19-7-8-20(27)18(12-19)14-28-24(32)17-6-9-21-23(13-17)30(15-16-4-2-1-3-5-16)25(33)22-10-11-29-31(21)22/h1-13H,14-15H2,(H,28,32). The Bertz CT molecular complexity index is 1560. The number of aromatic nitrogens is 3. The molecule has 5 rings (SSSR count). The number of nitrogens with one attached hydrogen (secondary N) is 1. The molecule has 164 valence electrons. The first kappa shape index (κ1) is 20.6. The van der Waals surface area contributed by atoms with Gasteiger partial charge in [0.1, 0.15) is 17.2 Å². The van der Waals surface area contributed by atoms with Crippen molar-refractivity contribution < 1.29 is 13.6 Å². The molecular weight excluding hydrogens is 426 g/mol. The van der Waals surface area contributed by atoms with E-state index in [1.54, 1.807) is 39.5 Å². The normalized spacial score (nSPS) is 11.2. The summed E-state index contributed by atoms with van der Waals surface area (Å²) in [5, 5.41) is 6.86. The molecule has 0 aliphatic rings. The quantitative estimate of drug-likeness (QED) is 0.447. The number of rotatable bonds is 5. The molecule has 8 heteroatoms. The minimum atomic E-state index is -0.604. The zero-order valence-electron chi connectivity index (χ0n) is 17.3. The summed E-state index contributed by atoms with van der Waals surface area (Å²) in [6.45, 7) is 0.146. The maximum Gasteiger partial charge on any atom is 0.277 e. The summed E-state index contributed by atoms with van der Waals surface area (Å²) < 4.78 is 30.4. The van der Waals surface area contributed by atoms with E-state index < -0.39 is 17.5 Å². The number of benzene rings is 3. The van der Waals surface area contributed by atoms with E-state index in [2.05, 4.69) is 10.4 Å². The molecule has 1 N–H and O–H groups in total. The average Bonchev–Trinajstić information content (AvgIpc) is 3.33. The molecule has 2 heterocycles. The van der Waals surface area contributed by atoms with Crippen LogP contribution in [0.2, 0.25) is 0 Å². The lowest BCUT2D eigenvalue weighted by atomic mass is 10.1. The fraction of sp³-hybridized carbons (Fsp3) is 0.0800. The smallest absolute Gasteiger partial charge is 0.277 e. The lowest BCUT2D eigenvalue weighted by Crippen LogP contribution is -2.26. The Morgan fingerprint density at radius 1 is 0.909 bits per heavy atom. The third kappa shape index (κ3) is 3.87. The highest BCUT2D eigenvalue weighted by Gasteiger charge is 2.15. The number of hydrogen-bond acceptors (Lipinski definition) is 3. The van der Waals surface area contributed by atoms with E-state index in [1.807, 2.05) is 30.3 Å². The van der Waals surface area contributed by atoms with Gasteiger partial charge in [-0.15, -0.1) is 0 Å². The molecule has 6 nitrogen and oxygen atoms in total. The van der Waals surface area contributed by atoms with Crippen LogP contribution in [0.4, 0.5) is 8.78 Å². The van der Waals surface area contributed by atoms with Crippen molar-refractivity contribution in [3.05, 3.63) is 118 Å². The van der Waals surface area contributed by atoms with Gasteiger partial charge in [-0.3, -0.25) is 9.59 Å². The van der Waals surface area contributed by atoms with Gasteiger partial charge in [0.25, 0.3) is 11.5 Å². The minimum absolute atomic E-state index is 0.0448. The molecule has 0 saturated carbocycles. The summed E-state index contributed by atoms with van der Waals surface area (Å²) in [5.41, 5.74) is 2.65. The Morgan fingerprint density at radius 2 is 1.73 bits per heavy atom. The van der Waals surface area contributed by atoms with Gasteiger partial charge in [-0.25, -0.2) is 13.3 Å². The average molecular weight is 444 g/mol. The van der Waals surface area contributed by atoms with E-state index in [-0.39, 0.29) is 23.2 Å². The van der Waals surface area contributed by atoms with Crippen LogP contribution in [-0.2, 0) is 13.1 Å². The molecule has 0 aliphatic heterocycles. The summed E-state index contributed by atoms with van der Waals surface area (Å²) in [7, 11) is 0. The van der Waals surface area contributed by atoms with Crippen LogP contribution in [0.1, 0.15) is 21.5 Å². The van der Waals surface area contributed by atoms with Gasteiger partial charge in [0.05, 0.1) is 23.8 Å². The molecule has 0 aliphatic carbocycles. The van der Waals surface area contributed by atoms with Gasteiger partial charge < -0.3 is 9.88 Å². The van der Waals surface area contributed by atoms with E-state index in [0.29, 0.717) is 23.1 Å². The molecular formula is C25H18F2N4O2. The third-order valence-corrected chi connectivity index (χ3v) is 5.49. The Labute approximate surface area is 186 Å². The number of amides is 1. The van der Waals surface area contributed by atoms with Crippen LogP contribution in [0.5, 0.6) is 0 Å². The molecule has 0 fully saturated rings. The van der Waals surface area contributed by atoms with Crippen LogP contribution >= 0.6 is 0 Å². The molecule has 1 amide bonds. The van der Waals surface area contributed by atoms with Crippen molar-refractivity contribution in [2.75, 3.05) is 0 Å². The molecule has 0 spiro atoms. The number of carbonyl (C=O) groups excluding carboxylic acids is 1. The van der Waals surface area contributed by atoms with Crippen LogP contribution < -0.4 is 10.9 Å². The van der Waals surface area contributed by atoms with E-state index in [1.165, 1.54) is 0 Å². The molecule has 2 aromatic heterocycles. The molecule has 0 saturated heterocycles. The first-order chi connectivity index (χ1) is 16.0. The largest absolute Gasteiger partial charge is 0.348 e. The van der Waals surface area contributed by atoms with Crippen molar-refractivity contribution in [1.82, 2.24) is 19.5 Å². The summed E-state index contributed by atoms with van der Waals surface area (Å²) in [4.78, 5) is 26.0. The fourth-order valence-electron chi connectivity index (χ4n) is 3.84. The van der Waals surface area contributed by atoms with Crippen molar-refractivity contribution >= 4 is 22.5 Å². The first-order valence-electron chi connectivity index (χ1n) is 10.3. The molecule has 33 heavy (non-hydrogen) atoms. The van der Waals surface area contributed by atoms with Gasteiger partial charge in [-0.1, -0.05) is 30.3 Å². The van der Waals surface area contributed by atoms with Crippen LogP contribution in [0, 0.1) is 11.6 Å². The maximum atomic E-state index is 13.9. The van der Waals surface area contributed by atoms with Crippen LogP contribution in [-0.4, -0.2) is 20.1 Å². The molecule has 0 radical (unpaired) electrons. The van der Waals surface area contributed by atoms with Crippen molar-refractivity contribution in [3.63, 3.8) is 0 Å². The van der Waals surface area contributed by atoms with Crippen molar-refractivity contribution in [3.8, 4) is 0 Å². The van der Waals surface area contributed by atoms with Gasteiger partial charge in [0.2, 0.25) is 0 Å². The van der Waals surface area contributed by atoms with Crippen molar-refractivity contribution in [2.24, 2.45) is 0 Å². The van der Waals surface area contributed by atoms with Crippen molar-refractivity contribution in [1.29, 1.82) is 0 Å². The maximum absolute atomic E-state index is 13.9. The predicted molar refractivity (Wildman–Crippen MR) is 120 cm³/mol. The number of halogens is 2. The zero-order chi connectivity index (χ0) is 22.9. The van der Waals surface area contributed by atoms with Gasteiger partial charge in [-0.05, 0) is 48.0 Å². The van der Waals surface area contributed by atoms with Crippen LogP contribution in [0.3, 0.4) is 0 Å². The highest BCUT2D eigenvalue weighted by atomic mass is 19.1. The number of fused-ring (bicyclic) bond motifs is 3. The SMILES string of the molecule is O=C(NCc1cc(F)ccc1F)c1ccc2c(c1)n(Cc1ccccc1)c(=O)c1ccnn12. The summed E-state index contributed by atoms with van der Waals surface area (Å²) in [5.74, 6) is -1.66. The Morgan fingerprint density at radius 3 is 2.55 bits per heavy atom. The summed E-state index contributed by atoms with van der Waals surface area (Å²) >= 11 is 0. The first-order valence-corrected chi connectivity index (χ1v) is 10.3. The fourth-order valence-corrected chi connectivity index (χ4v) is 3.84. The molecule has 0 atom stereocenters. The third-order valence-electron chi connectivity index (χ3n) is 5.49. The molecule has 0 bridgehead atoms. The van der Waals surface area contributed by atoms with Gasteiger partial charge >= 0.3 is 0 Å². The number of nitrogens with zero attached hydrogens (tertiary/aromatic N) is 3. The Kier molecular flexibility index (Phi) is 5.18. The zero-order valence-corrected chi connectivity index (χ0v) is 17.3. The summed E-state index contributed by atoms with van der Waals surface area (Å²) in [6, 6.07) is 19.2. The van der Waals surface area contributed by atoms with E-state index in [9.17, 15) is 18.4 Å². The Hall–Kier alpha value is -4.33. The van der Waals surface area contributed by atoms with Crippen molar-refractivity contribution in [2.45, 2.75) is 13.1 Å². The lowest BCUT2D eigenvalue weighted by Gasteiger charge is -2.14. The lowest BCUT2D eigenvalue weighted by molar-refractivity contribution is 0.0950. The topological polar surface area (TPSA) is 68.4 Å². The van der Waals surface area contributed by atoms with E-state index in [4.69, 9.17) is 0 Å². The number of hydrogen-bond donors (Lipinski definition) is 1. The molecule has 0 unspecified atom stereocenters. The highest BCUT2D eigenvalue weighted by molar-refractivity contribution is 5.97. The molecule has 5 aromatic rings. The monoisotopic (exact) mass is 444 g/mol. The van der Waals surface area contributed by atoms with Gasteiger partial charge in [0.15, 0.2) is 0 Å². The predicted octanol–water partition coefficient (Wildman–Crippen LogP) is 3.91.